The van der Waals surface area contributed by atoms with Crippen molar-refractivity contribution in [3.8, 4) is 0 Å². The zero-order chi connectivity index (χ0) is 17.4. The predicted molar refractivity (Wildman–Crippen MR) is 93.6 cm³/mol. The van der Waals surface area contributed by atoms with E-state index in [2.05, 4.69) is 11.8 Å². The van der Waals surface area contributed by atoms with Crippen molar-refractivity contribution in [2.75, 3.05) is 32.8 Å². The summed E-state index contributed by atoms with van der Waals surface area (Å²) in [5, 5.41) is 0.489. The molecule has 2 aliphatic heterocycles. The van der Waals surface area contributed by atoms with Gasteiger partial charge < -0.3 is 19.0 Å². The van der Waals surface area contributed by atoms with Gasteiger partial charge in [0.05, 0.1) is 12.0 Å². The van der Waals surface area contributed by atoms with Crippen molar-refractivity contribution in [1.82, 2.24) is 9.80 Å². The molecule has 1 spiro atoms. The summed E-state index contributed by atoms with van der Waals surface area (Å²) in [6.45, 7) is 6.00. The molecule has 0 N–H and O–H groups in total. The van der Waals surface area contributed by atoms with E-state index in [4.69, 9.17) is 9.15 Å². The normalized spacial score (nSPS) is 20.4. The van der Waals surface area contributed by atoms with Crippen LogP contribution in [0.2, 0.25) is 0 Å². The molecule has 4 rings (SSSR count). The first-order chi connectivity index (χ1) is 12.1. The van der Waals surface area contributed by atoms with Gasteiger partial charge in [-0.05, 0) is 18.7 Å². The third-order valence-corrected chi connectivity index (χ3v) is 5.35. The summed E-state index contributed by atoms with van der Waals surface area (Å²) in [7, 11) is 0. The van der Waals surface area contributed by atoms with E-state index >= 15 is 0 Å². The molecule has 0 saturated carbocycles. The van der Waals surface area contributed by atoms with Gasteiger partial charge in [-0.25, -0.2) is 0 Å². The monoisotopic (exact) mass is 342 g/mol. The fraction of sp³-hybridized carbons (Fsp3) is 0.474. The number of ether oxygens (including phenoxy) is 1. The van der Waals surface area contributed by atoms with Gasteiger partial charge in [0.25, 0.3) is 5.91 Å². The predicted octanol–water partition coefficient (Wildman–Crippen LogP) is 2.08. The molecule has 0 unspecified atom stereocenters. The molecular weight excluding hydrogens is 320 g/mol. The average Bonchev–Trinajstić information content (AvgIpc) is 3.05. The van der Waals surface area contributed by atoms with Crippen molar-refractivity contribution in [3.05, 3.63) is 46.3 Å². The van der Waals surface area contributed by atoms with Gasteiger partial charge in [0, 0.05) is 38.5 Å². The Kier molecular flexibility index (Phi) is 4.09. The SMILES string of the molecule is CCN1CCC2(CC1)OCCN2C(=O)c1cc(=O)c2ccccc2o1. The molecule has 2 aromatic rings. The highest BCUT2D eigenvalue weighted by Gasteiger charge is 2.47. The molecule has 0 radical (unpaired) electrons. The molecule has 2 aliphatic rings. The summed E-state index contributed by atoms with van der Waals surface area (Å²) in [4.78, 5) is 29.5. The molecule has 2 saturated heterocycles. The molecule has 6 nitrogen and oxygen atoms in total. The van der Waals surface area contributed by atoms with Gasteiger partial charge in [-0.15, -0.1) is 0 Å². The van der Waals surface area contributed by atoms with E-state index < -0.39 is 5.72 Å². The Morgan fingerprint density at radius 3 is 2.72 bits per heavy atom. The number of hydrogen-bond donors (Lipinski definition) is 0. The van der Waals surface area contributed by atoms with Crippen LogP contribution in [-0.4, -0.2) is 54.2 Å². The van der Waals surface area contributed by atoms with Crippen LogP contribution in [0.15, 0.2) is 39.5 Å². The van der Waals surface area contributed by atoms with Gasteiger partial charge in [-0.3, -0.25) is 9.59 Å². The number of nitrogens with zero attached hydrogens (tertiary/aromatic N) is 2. The maximum atomic E-state index is 13.1. The summed E-state index contributed by atoms with van der Waals surface area (Å²) in [5.74, 6) is -0.170. The van der Waals surface area contributed by atoms with Crippen molar-refractivity contribution in [1.29, 1.82) is 0 Å². The van der Waals surface area contributed by atoms with Gasteiger partial charge in [-0.2, -0.15) is 0 Å². The molecular formula is C19H22N2O4. The summed E-state index contributed by atoms with van der Waals surface area (Å²) in [5.41, 5.74) is -0.319. The molecule has 0 aliphatic carbocycles. The number of para-hydroxylation sites is 1. The lowest BCUT2D eigenvalue weighted by Gasteiger charge is -2.43. The Labute approximate surface area is 146 Å². The summed E-state index contributed by atoms with van der Waals surface area (Å²) in [6.07, 6.45) is 1.56. The Balaban J connectivity index is 1.65. The minimum Gasteiger partial charge on any atom is -0.451 e. The van der Waals surface area contributed by atoms with Gasteiger partial charge in [0.2, 0.25) is 0 Å². The minimum atomic E-state index is -0.563. The number of fused-ring (bicyclic) bond motifs is 1. The largest absolute Gasteiger partial charge is 0.451 e. The van der Waals surface area contributed by atoms with Crippen molar-refractivity contribution in [2.45, 2.75) is 25.5 Å². The van der Waals surface area contributed by atoms with Crippen LogP contribution >= 0.6 is 0 Å². The minimum absolute atomic E-state index is 0.0893. The van der Waals surface area contributed by atoms with Gasteiger partial charge >= 0.3 is 0 Å². The van der Waals surface area contributed by atoms with E-state index in [1.165, 1.54) is 6.07 Å². The first-order valence-corrected chi connectivity index (χ1v) is 8.84. The van der Waals surface area contributed by atoms with Crippen LogP contribution in [0.1, 0.15) is 30.3 Å². The molecule has 0 atom stereocenters. The van der Waals surface area contributed by atoms with Crippen LogP contribution in [0, 0.1) is 0 Å². The lowest BCUT2D eigenvalue weighted by Crippen LogP contribution is -2.54. The Hall–Kier alpha value is -2.18. The van der Waals surface area contributed by atoms with E-state index in [1.54, 1.807) is 29.2 Å². The lowest BCUT2D eigenvalue weighted by molar-refractivity contribution is -0.105. The zero-order valence-corrected chi connectivity index (χ0v) is 14.4. The third kappa shape index (κ3) is 2.75. The smallest absolute Gasteiger partial charge is 0.292 e. The standard InChI is InChI=1S/C19H22N2O4/c1-2-20-9-7-19(8-10-20)21(11-12-24-19)18(23)17-13-15(22)14-5-3-4-6-16(14)25-17/h3-6,13H,2,7-12H2,1H3. The summed E-state index contributed by atoms with van der Waals surface area (Å²) >= 11 is 0. The highest BCUT2D eigenvalue weighted by atomic mass is 16.5. The fourth-order valence-electron chi connectivity index (χ4n) is 3.87. The van der Waals surface area contributed by atoms with E-state index in [9.17, 15) is 9.59 Å². The topological polar surface area (TPSA) is 63.0 Å². The number of likely N-dealkylation sites (tertiary alicyclic amines) is 1. The van der Waals surface area contributed by atoms with Crippen molar-refractivity contribution >= 4 is 16.9 Å². The van der Waals surface area contributed by atoms with Crippen LogP contribution in [0.5, 0.6) is 0 Å². The van der Waals surface area contributed by atoms with E-state index in [0.717, 1.165) is 32.5 Å². The Morgan fingerprint density at radius 2 is 1.96 bits per heavy atom. The van der Waals surface area contributed by atoms with Crippen LogP contribution in [0.4, 0.5) is 0 Å². The second-order valence-corrected chi connectivity index (χ2v) is 6.66. The van der Waals surface area contributed by atoms with Crippen LogP contribution in [0.25, 0.3) is 11.0 Å². The maximum absolute atomic E-state index is 13.1. The molecule has 1 aromatic carbocycles. The number of rotatable bonds is 2. The molecule has 2 fully saturated rings. The van der Waals surface area contributed by atoms with Crippen LogP contribution in [0.3, 0.4) is 0 Å². The fourth-order valence-corrected chi connectivity index (χ4v) is 3.87. The second-order valence-electron chi connectivity index (χ2n) is 6.66. The Bertz CT molecular complexity index is 852. The van der Waals surface area contributed by atoms with Crippen molar-refractivity contribution in [2.24, 2.45) is 0 Å². The van der Waals surface area contributed by atoms with Crippen molar-refractivity contribution in [3.63, 3.8) is 0 Å². The Morgan fingerprint density at radius 1 is 1.20 bits per heavy atom. The highest BCUT2D eigenvalue weighted by Crippen LogP contribution is 2.35. The summed E-state index contributed by atoms with van der Waals surface area (Å²) in [6, 6.07) is 8.30. The molecule has 6 heteroatoms. The van der Waals surface area contributed by atoms with E-state index in [1.807, 2.05) is 0 Å². The molecule has 0 bridgehead atoms. The van der Waals surface area contributed by atoms with Gasteiger partial charge in [0.1, 0.15) is 11.3 Å². The van der Waals surface area contributed by atoms with E-state index in [-0.39, 0.29) is 17.1 Å². The molecule has 1 amide bonds. The number of carbonyl (C=O) groups excluding carboxylic acids is 1. The zero-order valence-electron chi connectivity index (χ0n) is 14.4. The number of benzene rings is 1. The van der Waals surface area contributed by atoms with Crippen LogP contribution in [-0.2, 0) is 4.74 Å². The lowest BCUT2D eigenvalue weighted by atomic mass is 9.98. The third-order valence-electron chi connectivity index (χ3n) is 5.35. The van der Waals surface area contributed by atoms with Gasteiger partial charge in [-0.1, -0.05) is 19.1 Å². The first-order valence-electron chi connectivity index (χ1n) is 8.84. The quantitative estimate of drug-likeness (QED) is 0.836. The maximum Gasteiger partial charge on any atom is 0.292 e. The van der Waals surface area contributed by atoms with Crippen molar-refractivity contribution < 1.29 is 13.9 Å². The first kappa shape index (κ1) is 16.3. The highest BCUT2D eigenvalue weighted by molar-refractivity contribution is 5.93. The molecule has 3 heterocycles. The van der Waals surface area contributed by atoms with E-state index in [0.29, 0.717) is 24.1 Å². The average molecular weight is 342 g/mol. The van der Waals surface area contributed by atoms with Crippen LogP contribution < -0.4 is 5.43 Å². The number of amides is 1. The number of piperidine rings is 1. The second kappa shape index (κ2) is 6.28. The van der Waals surface area contributed by atoms with Gasteiger partial charge in [0.15, 0.2) is 11.2 Å². The molecule has 1 aromatic heterocycles. The number of hydrogen-bond acceptors (Lipinski definition) is 5. The summed E-state index contributed by atoms with van der Waals surface area (Å²) < 4.78 is 11.7. The number of carbonyl (C=O) groups is 1. The molecule has 25 heavy (non-hydrogen) atoms. The molecule has 132 valence electrons.